The lowest BCUT2D eigenvalue weighted by molar-refractivity contribution is -0.140. The number of hydrogen-bond acceptors (Lipinski definition) is 6. The minimum atomic E-state index is 0.126. The maximum atomic E-state index is 12.3. The highest BCUT2D eigenvalue weighted by molar-refractivity contribution is 7.15. The van der Waals surface area contributed by atoms with Crippen LogP contribution in [0.2, 0.25) is 0 Å². The second-order valence-corrected chi connectivity index (χ2v) is 6.72. The highest BCUT2D eigenvalue weighted by atomic mass is 32.1. The number of hydrogen-bond donors (Lipinski definition) is 0. The second kappa shape index (κ2) is 4.96. The standard InChI is InChI=1S/C13H18N4O2S/c18-12(16-3-5-19-6-4-16)10-7-17(8-10)13-15-14-11(20-13)9-1-2-9/h9-10H,1-8H2. The van der Waals surface area contributed by atoms with Gasteiger partial charge < -0.3 is 14.5 Å². The quantitative estimate of drug-likeness (QED) is 0.822. The van der Waals surface area contributed by atoms with Gasteiger partial charge in [0.2, 0.25) is 11.0 Å². The monoisotopic (exact) mass is 294 g/mol. The van der Waals surface area contributed by atoms with Crippen LogP contribution in [0.4, 0.5) is 5.13 Å². The average molecular weight is 294 g/mol. The van der Waals surface area contributed by atoms with Crippen LogP contribution < -0.4 is 4.90 Å². The molecule has 4 rings (SSSR count). The maximum absolute atomic E-state index is 12.3. The lowest BCUT2D eigenvalue weighted by Crippen LogP contribution is -2.56. The van der Waals surface area contributed by atoms with Gasteiger partial charge in [-0.2, -0.15) is 0 Å². The van der Waals surface area contributed by atoms with E-state index in [2.05, 4.69) is 15.1 Å². The van der Waals surface area contributed by atoms with E-state index in [0.717, 1.165) is 31.3 Å². The van der Waals surface area contributed by atoms with Gasteiger partial charge in [-0.25, -0.2) is 0 Å². The van der Waals surface area contributed by atoms with Crippen molar-refractivity contribution < 1.29 is 9.53 Å². The predicted molar refractivity (Wildman–Crippen MR) is 75.0 cm³/mol. The fourth-order valence-corrected chi connectivity index (χ4v) is 3.71. The van der Waals surface area contributed by atoms with E-state index in [4.69, 9.17) is 4.74 Å². The molecule has 0 unspecified atom stereocenters. The Bertz CT molecular complexity index is 504. The van der Waals surface area contributed by atoms with Gasteiger partial charge >= 0.3 is 0 Å². The number of nitrogens with zero attached hydrogens (tertiary/aromatic N) is 4. The van der Waals surface area contributed by atoms with Gasteiger partial charge in [-0.05, 0) is 12.8 Å². The molecule has 2 aliphatic heterocycles. The Balaban J connectivity index is 1.32. The van der Waals surface area contributed by atoms with E-state index in [9.17, 15) is 4.79 Å². The minimum absolute atomic E-state index is 0.126. The molecule has 2 saturated heterocycles. The van der Waals surface area contributed by atoms with E-state index in [1.54, 1.807) is 11.3 Å². The Labute approximate surface area is 121 Å². The van der Waals surface area contributed by atoms with Crippen LogP contribution in [-0.4, -0.2) is 60.4 Å². The van der Waals surface area contributed by atoms with Crippen LogP contribution in [0.1, 0.15) is 23.8 Å². The van der Waals surface area contributed by atoms with Crippen molar-refractivity contribution in [1.29, 1.82) is 0 Å². The summed E-state index contributed by atoms with van der Waals surface area (Å²) in [5.41, 5.74) is 0. The Kier molecular flexibility index (Phi) is 3.11. The fraction of sp³-hybridized carbons (Fsp3) is 0.769. The van der Waals surface area contributed by atoms with Crippen molar-refractivity contribution in [3.05, 3.63) is 5.01 Å². The molecule has 0 bridgehead atoms. The molecule has 0 N–H and O–H groups in total. The summed E-state index contributed by atoms with van der Waals surface area (Å²) < 4.78 is 5.28. The molecule has 0 aromatic carbocycles. The number of anilines is 1. The average Bonchev–Trinajstić information content (AvgIpc) is 3.18. The van der Waals surface area contributed by atoms with Gasteiger partial charge in [0.1, 0.15) is 5.01 Å². The number of aromatic nitrogens is 2. The zero-order valence-electron chi connectivity index (χ0n) is 11.3. The molecule has 1 aromatic rings. The molecule has 1 aliphatic carbocycles. The number of carbonyl (C=O) groups is 1. The summed E-state index contributed by atoms with van der Waals surface area (Å²) in [7, 11) is 0. The molecular formula is C13H18N4O2S. The number of amides is 1. The van der Waals surface area contributed by atoms with Crippen LogP contribution in [0.25, 0.3) is 0 Å². The maximum Gasteiger partial charge on any atom is 0.229 e. The molecule has 7 heteroatoms. The normalized spacial score (nSPS) is 23.8. The summed E-state index contributed by atoms with van der Waals surface area (Å²) in [5.74, 6) is 1.06. The van der Waals surface area contributed by atoms with Crippen molar-refractivity contribution in [3.63, 3.8) is 0 Å². The van der Waals surface area contributed by atoms with Gasteiger partial charge in [0.25, 0.3) is 0 Å². The zero-order chi connectivity index (χ0) is 13.5. The first-order valence-corrected chi connectivity index (χ1v) is 8.08. The van der Waals surface area contributed by atoms with Crippen molar-refractivity contribution in [1.82, 2.24) is 15.1 Å². The van der Waals surface area contributed by atoms with Gasteiger partial charge in [0, 0.05) is 32.1 Å². The summed E-state index contributed by atoms with van der Waals surface area (Å²) in [6, 6.07) is 0. The smallest absolute Gasteiger partial charge is 0.229 e. The predicted octanol–water partition coefficient (Wildman–Crippen LogP) is 0.710. The van der Waals surface area contributed by atoms with E-state index in [0.29, 0.717) is 19.1 Å². The largest absolute Gasteiger partial charge is 0.378 e. The molecule has 3 fully saturated rings. The lowest BCUT2D eigenvalue weighted by Gasteiger charge is -2.41. The first-order chi connectivity index (χ1) is 9.81. The first-order valence-electron chi connectivity index (χ1n) is 7.26. The minimum Gasteiger partial charge on any atom is -0.378 e. The second-order valence-electron chi connectivity index (χ2n) is 5.74. The number of rotatable bonds is 3. The molecular weight excluding hydrogens is 276 g/mol. The molecule has 6 nitrogen and oxygen atoms in total. The van der Waals surface area contributed by atoms with E-state index in [1.807, 2.05) is 4.90 Å². The molecule has 108 valence electrons. The first kappa shape index (κ1) is 12.5. The highest BCUT2D eigenvalue weighted by Gasteiger charge is 2.38. The molecule has 1 aromatic heterocycles. The SMILES string of the molecule is O=C(C1CN(c2nnc(C3CC3)s2)C1)N1CCOCC1. The Morgan fingerprint density at radius 2 is 1.95 bits per heavy atom. The number of ether oxygens (including phenoxy) is 1. The van der Waals surface area contributed by atoms with Gasteiger partial charge in [-0.3, -0.25) is 4.79 Å². The van der Waals surface area contributed by atoms with Gasteiger partial charge in [-0.1, -0.05) is 11.3 Å². The molecule has 20 heavy (non-hydrogen) atoms. The van der Waals surface area contributed by atoms with Crippen LogP contribution in [0, 0.1) is 5.92 Å². The lowest BCUT2D eigenvalue weighted by atomic mass is 9.99. The summed E-state index contributed by atoms with van der Waals surface area (Å²) >= 11 is 1.70. The molecule has 3 aliphatic rings. The Morgan fingerprint density at radius 3 is 2.65 bits per heavy atom. The number of carbonyl (C=O) groups excluding carboxylic acids is 1. The van der Waals surface area contributed by atoms with Gasteiger partial charge in [0.15, 0.2) is 0 Å². The Morgan fingerprint density at radius 1 is 1.20 bits per heavy atom. The van der Waals surface area contributed by atoms with Crippen molar-refractivity contribution in [2.75, 3.05) is 44.3 Å². The summed E-state index contributed by atoms with van der Waals surface area (Å²) in [6.45, 7) is 4.39. The van der Waals surface area contributed by atoms with Crippen LogP contribution >= 0.6 is 11.3 Å². The van der Waals surface area contributed by atoms with E-state index in [1.165, 1.54) is 17.8 Å². The molecule has 0 atom stereocenters. The van der Waals surface area contributed by atoms with Crippen molar-refractivity contribution >= 4 is 22.4 Å². The number of morpholine rings is 1. The third kappa shape index (κ3) is 2.29. The fourth-order valence-electron chi connectivity index (χ4n) is 2.68. The van der Waals surface area contributed by atoms with E-state index >= 15 is 0 Å². The zero-order valence-corrected chi connectivity index (χ0v) is 12.1. The van der Waals surface area contributed by atoms with Crippen molar-refractivity contribution in [2.24, 2.45) is 5.92 Å². The molecule has 3 heterocycles. The van der Waals surface area contributed by atoms with E-state index < -0.39 is 0 Å². The molecule has 0 spiro atoms. The third-order valence-electron chi connectivity index (χ3n) is 4.18. The van der Waals surface area contributed by atoms with Crippen LogP contribution in [0.15, 0.2) is 0 Å². The third-order valence-corrected chi connectivity index (χ3v) is 5.33. The summed E-state index contributed by atoms with van der Waals surface area (Å²) in [4.78, 5) is 16.4. The Hall–Kier alpha value is -1.21. The van der Waals surface area contributed by atoms with Gasteiger partial charge in [-0.15, -0.1) is 10.2 Å². The molecule has 1 saturated carbocycles. The molecule has 0 radical (unpaired) electrons. The van der Waals surface area contributed by atoms with Crippen LogP contribution in [0.3, 0.4) is 0 Å². The summed E-state index contributed by atoms with van der Waals surface area (Å²) in [6.07, 6.45) is 2.51. The van der Waals surface area contributed by atoms with Crippen LogP contribution in [0.5, 0.6) is 0 Å². The van der Waals surface area contributed by atoms with Crippen LogP contribution in [-0.2, 0) is 9.53 Å². The van der Waals surface area contributed by atoms with E-state index in [-0.39, 0.29) is 11.8 Å². The highest BCUT2D eigenvalue weighted by Crippen LogP contribution is 2.43. The van der Waals surface area contributed by atoms with Crippen molar-refractivity contribution in [2.45, 2.75) is 18.8 Å². The topological polar surface area (TPSA) is 58.6 Å². The van der Waals surface area contributed by atoms with Gasteiger partial charge in [0.05, 0.1) is 19.1 Å². The molecule has 1 amide bonds. The summed E-state index contributed by atoms with van der Waals surface area (Å²) in [5, 5.41) is 10.7. The van der Waals surface area contributed by atoms with Crippen molar-refractivity contribution in [3.8, 4) is 0 Å².